The van der Waals surface area contributed by atoms with Gasteiger partial charge in [-0.15, -0.1) is 11.6 Å². The second kappa shape index (κ2) is 5.49. The third-order valence-corrected chi connectivity index (χ3v) is 3.61. The predicted octanol–water partition coefficient (Wildman–Crippen LogP) is 4.65. The largest absolute Gasteiger partial charge is 0.309 e. The summed E-state index contributed by atoms with van der Waals surface area (Å²) < 4.78 is 2.21. The van der Waals surface area contributed by atoms with Gasteiger partial charge in [0.2, 0.25) is 0 Å². The van der Waals surface area contributed by atoms with Gasteiger partial charge in [-0.1, -0.05) is 13.8 Å². The van der Waals surface area contributed by atoms with E-state index in [1.807, 2.05) is 19.2 Å². The number of alkyl halides is 1. The molecule has 2 unspecified atom stereocenters. The van der Waals surface area contributed by atoms with Crippen LogP contribution in [0.4, 0.5) is 0 Å². The van der Waals surface area contributed by atoms with E-state index in [2.05, 4.69) is 37.2 Å². The normalized spacial score (nSPS) is 15.1. The van der Waals surface area contributed by atoms with Gasteiger partial charge < -0.3 is 4.57 Å². The highest BCUT2D eigenvalue weighted by atomic mass is 35.5. The van der Waals surface area contributed by atoms with E-state index in [-0.39, 0.29) is 5.38 Å². The summed E-state index contributed by atoms with van der Waals surface area (Å²) in [7, 11) is 0. The second-order valence-electron chi connectivity index (χ2n) is 5.73. The van der Waals surface area contributed by atoms with Gasteiger partial charge in [-0.2, -0.15) is 0 Å². The van der Waals surface area contributed by atoms with Gasteiger partial charge in [-0.05, 0) is 44.7 Å². The van der Waals surface area contributed by atoms with Crippen molar-refractivity contribution in [3.8, 4) is 0 Å². The number of aromatic nitrogens is 3. The molecule has 2 aromatic heterocycles. The number of imidazole rings is 1. The van der Waals surface area contributed by atoms with Crippen LogP contribution in [0.3, 0.4) is 0 Å². The first-order valence-corrected chi connectivity index (χ1v) is 7.33. The molecule has 104 valence electrons. The lowest BCUT2D eigenvalue weighted by atomic mass is 10.0. The maximum absolute atomic E-state index is 6.30. The summed E-state index contributed by atoms with van der Waals surface area (Å²) in [4.78, 5) is 9.22. The number of hydrogen-bond acceptors (Lipinski definition) is 2. The number of fused-ring (bicyclic) bond motifs is 1. The minimum absolute atomic E-state index is 0.108. The molecule has 0 saturated heterocycles. The van der Waals surface area contributed by atoms with E-state index in [4.69, 9.17) is 16.6 Å². The molecule has 3 nitrogen and oxygen atoms in total. The second-order valence-corrected chi connectivity index (χ2v) is 6.39. The first-order chi connectivity index (χ1) is 8.91. The zero-order valence-electron chi connectivity index (χ0n) is 12.3. The van der Waals surface area contributed by atoms with Gasteiger partial charge in [0.25, 0.3) is 0 Å². The lowest BCUT2D eigenvalue weighted by molar-refractivity contribution is 0.424. The average molecular weight is 280 g/mol. The quantitative estimate of drug-likeness (QED) is 0.763. The number of hydrogen-bond donors (Lipinski definition) is 0. The molecule has 0 aromatic carbocycles. The van der Waals surface area contributed by atoms with E-state index in [1.54, 1.807) is 0 Å². The van der Waals surface area contributed by atoms with Gasteiger partial charge >= 0.3 is 0 Å². The number of rotatable bonds is 4. The SMILES string of the molecule is Cc1ccnc2c1nc(C(C)Cl)n2C(C)CC(C)C. The van der Waals surface area contributed by atoms with E-state index in [1.165, 1.54) is 0 Å². The third kappa shape index (κ3) is 2.76. The Kier molecular flexibility index (Phi) is 4.14. The van der Waals surface area contributed by atoms with Gasteiger partial charge in [0.05, 0.1) is 5.38 Å². The Hall–Kier alpha value is -1.09. The monoisotopic (exact) mass is 279 g/mol. The summed E-state index contributed by atoms with van der Waals surface area (Å²) in [5.74, 6) is 1.56. The van der Waals surface area contributed by atoms with E-state index < -0.39 is 0 Å². The molecule has 0 radical (unpaired) electrons. The maximum Gasteiger partial charge on any atom is 0.160 e. The Labute approximate surface area is 120 Å². The Morgan fingerprint density at radius 2 is 1.95 bits per heavy atom. The molecule has 0 N–H and O–H groups in total. The van der Waals surface area contributed by atoms with Gasteiger partial charge in [0, 0.05) is 12.2 Å². The third-order valence-electron chi connectivity index (χ3n) is 3.42. The number of pyridine rings is 1. The average Bonchev–Trinajstić information content (AvgIpc) is 2.69. The summed E-state index contributed by atoms with van der Waals surface area (Å²) in [6, 6.07) is 2.35. The fourth-order valence-corrected chi connectivity index (χ4v) is 2.78. The molecule has 0 fully saturated rings. The summed E-state index contributed by atoms with van der Waals surface area (Å²) in [5.41, 5.74) is 3.08. The Morgan fingerprint density at radius 3 is 2.53 bits per heavy atom. The van der Waals surface area contributed by atoms with Gasteiger partial charge in [0.15, 0.2) is 5.65 Å². The summed E-state index contributed by atoms with van der Waals surface area (Å²) in [6.45, 7) is 10.7. The van der Waals surface area contributed by atoms with Crippen molar-refractivity contribution in [3.63, 3.8) is 0 Å². The molecule has 0 amide bonds. The molecule has 2 atom stereocenters. The first kappa shape index (κ1) is 14.3. The van der Waals surface area contributed by atoms with E-state index in [9.17, 15) is 0 Å². The molecule has 2 rings (SSSR count). The molecule has 2 aromatic rings. The Morgan fingerprint density at radius 1 is 1.26 bits per heavy atom. The van der Waals surface area contributed by atoms with Gasteiger partial charge in [-0.3, -0.25) is 0 Å². The van der Waals surface area contributed by atoms with Crippen LogP contribution in [0.15, 0.2) is 12.3 Å². The first-order valence-electron chi connectivity index (χ1n) is 6.89. The molecule has 0 aliphatic heterocycles. The van der Waals surface area contributed by atoms with Crippen LogP contribution in [0.2, 0.25) is 0 Å². The molecule has 2 heterocycles. The van der Waals surface area contributed by atoms with Gasteiger partial charge in [0.1, 0.15) is 11.3 Å². The van der Waals surface area contributed by atoms with Crippen LogP contribution >= 0.6 is 11.6 Å². The molecular formula is C15H22ClN3. The van der Waals surface area contributed by atoms with Crippen molar-refractivity contribution in [2.75, 3.05) is 0 Å². The maximum atomic E-state index is 6.30. The van der Waals surface area contributed by atoms with Crippen LogP contribution in [0.1, 0.15) is 56.9 Å². The predicted molar refractivity (Wildman–Crippen MR) is 80.7 cm³/mol. The van der Waals surface area contributed by atoms with Gasteiger partial charge in [-0.25, -0.2) is 9.97 Å². The summed E-state index contributed by atoms with van der Waals surface area (Å²) >= 11 is 6.30. The van der Waals surface area contributed by atoms with Crippen molar-refractivity contribution in [1.29, 1.82) is 0 Å². The molecule has 0 aliphatic carbocycles. The van der Waals surface area contributed by atoms with Crippen LogP contribution in [-0.4, -0.2) is 14.5 Å². The molecule has 0 spiro atoms. The lowest BCUT2D eigenvalue weighted by Crippen LogP contribution is -2.12. The molecule has 0 aliphatic rings. The van der Waals surface area contributed by atoms with Crippen molar-refractivity contribution in [2.45, 2.75) is 52.5 Å². The Balaban J connectivity index is 2.62. The number of nitrogens with zero attached hydrogens (tertiary/aromatic N) is 3. The molecule has 4 heteroatoms. The highest BCUT2D eigenvalue weighted by molar-refractivity contribution is 6.20. The molecular weight excluding hydrogens is 258 g/mol. The van der Waals surface area contributed by atoms with E-state index >= 15 is 0 Å². The van der Waals surface area contributed by atoms with Crippen LogP contribution in [-0.2, 0) is 0 Å². The number of aryl methyl sites for hydroxylation is 1. The molecule has 19 heavy (non-hydrogen) atoms. The van der Waals surface area contributed by atoms with Crippen LogP contribution < -0.4 is 0 Å². The minimum Gasteiger partial charge on any atom is -0.309 e. The zero-order chi connectivity index (χ0) is 14.2. The van der Waals surface area contributed by atoms with Crippen molar-refractivity contribution in [1.82, 2.24) is 14.5 Å². The summed E-state index contributed by atoms with van der Waals surface area (Å²) in [6.07, 6.45) is 2.94. The van der Waals surface area contributed by atoms with Crippen molar-refractivity contribution in [3.05, 3.63) is 23.7 Å². The van der Waals surface area contributed by atoms with Crippen molar-refractivity contribution >= 4 is 22.8 Å². The van der Waals surface area contributed by atoms with E-state index in [0.29, 0.717) is 12.0 Å². The van der Waals surface area contributed by atoms with Crippen molar-refractivity contribution < 1.29 is 0 Å². The fraction of sp³-hybridized carbons (Fsp3) is 0.600. The van der Waals surface area contributed by atoms with Crippen LogP contribution in [0.5, 0.6) is 0 Å². The molecule has 0 bridgehead atoms. The Bertz CT molecular complexity index is 572. The standard InChI is InChI=1S/C15H22ClN3/c1-9(2)8-11(4)19-14(12(5)16)18-13-10(3)6-7-17-15(13)19/h6-7,9,11-12H,8H2,1-5H3. The topological polar surface area (TPSA) is 30.7 Å². The highest BCUT2D eigenvalue weighted by Crippen LogP contribution is 2.30. The zero-order valence-corrected chi connectivity index (χ0v) is 13.1. The van der Waals surface area contributed by atoms with Crippen LogP contribution in [0.25, 0.3) is 11.2 Å². The lowest BCUT2D eigenvalue weighted by Gasteiger charge is -2.19. The smallest absolute Gasteiger partial charge is 0.160 e. The fourth-order valence-electron chi connectivity index (χ4n) is 2.63. The summed E-state index contributed by atoms with van der Waals surface area (Å²) in [5, 5.41) is -0.108. The number of halogens is 1. The minimum atomic E-state index is -0.108. The highest BCUT2D eigenvalue weighted by Gasteiger charge is 2.21. The molecule has 0 saturated carbocycles. The van der Waals surface area contributed by atoms with E-state index in [0.717, 1.165) is 29.0 Å². The van der Waals surface area contributed by atoms with Crippen molar-refractivity contribution in [2.24, 2.45) is 5.92 Å². The van der Waals surface area contributed by atoms with Crippen LogP contribution in [0, 0.1) is 12.8 Å².